The molecule has 1 fully saturated rings. The van der Waals surface area contributed by atoms with Crippen LogP contribution in [0.2, 0.25) is 0 Å². The summed E-state index contributed by atoms with van der Waals surface area (Å²) < 4.78 is 25.7. The van der Waals surface area contributed by atoms with E-state index in [-0.39, 0.29) is 22.0 Å². The normalized spacial score (nSPS) is 16.1. The van der Waals surface area contributed by atoms with Gasteiger partial charge in [-0.25, -0.2) is 4.39 Å². The Morgan fingerprint density at radius 2 is 1.80 bits per heavy atom. The predicted octanol–water partition coefficient (Wildman–Crippen LogP) is 7.16. The second kappa shape index (κ2) is 12.5. The molecule has 8 nitrogen and oxygen atoms in total. The molecule has 1 atom stereocenters. The third-order valence-corrected chi connectivity index (χ3v) is 9.31. The molecule has 0 radical (unpaired) electrons. The third kappa shape index (κ3) is 5.51. The SMILES string of the molecule is CCOc1ccc([C@H]2C(=C(O)c3ccc(OC)c(F)c3)C(=O)C(=O)N2c2nnc(SCc3cccc4ccccc34)s2)cc1. The van der Waals surface area contributed by atoms with E-state index < -0.39 is 29.3 Å². The smallest absolute Gasteiger partial charge is 0.301 e. The number of rotatable bonds is 9. The van der Waals surface area contributed by atoms with Gasteiger partial charge in [0, 0.05) is 11.3 Å². The summed E-state index contributed by atoms with van der Waals surface area (Å²) in [5.41, 5.74) is 1.50. The fourth-order valence-electron chi connectivity index (χ4n) is 5.14. The monoisotopic (exact) mass is 627 g/mol. The molecule has 2 heterocycles. The van der Waals surface area contributed by atoms with Gasteiger partial charge in [0.15, 0.2) is 15.9 Å². The molecule has 4 aromatic carbocycles. The average Bonchev–Trinajstić information content (AvgIpc) is 3.61. The van der Waals surface area contributed by atoms with Gasteiger partial charge < -0.3 is 14.6 Å². The average molecular weight is 628 g/mol. The van der Waals surface area contributed by atoms with Gasteiger partial charge in [-0.2, -0.15) is 0 Å². The summed E-state index contributed by atoms with van der Waals surface area (Å²) in [6, 6.07) is 23.9. The Balaban J connectivity index is 1.37. The molecule has 44 heavy (non-hydrogen) atoms. The standard InChI is InChI=1S/C33H26FN3O5S2/c1-3-42-23-14-11-20(12-15-23)28-27(29(38)21-13-16-26(41-2)25(34)17-21)30(39)31(40)37(28)32-35-36-33(44-32)43-18-22-9-6-8-19-7-4-5-10-24(19)22/h4-17,28,38H,3,18H2,1-2H3/t28-/m0/s1. The van der Waals surface area contributed by atoms with Crippen molar-refractivity contribution in [1.82, 2.24) is 10.2 Å². The first-order valence-corrected chi connectivity index (χ1v) is 15.5. The summed E-state index contributed by atoms with van der Waals surface area (Å²) >= 11 is 2.65. The van der Waals surface area contributed by atoms with Crippen molar-refractivity contribution in [3.05, 3.63) is 113 Å². The fourth-order valence-corrected chi connectivity index (χ4v) is 7.01. The maximum atomic E-state index is 14.6. The molecule has 1 aromatic heterocycles. The van der Waals surface area contributed by atoms with Gasteiger partial charge in [0.25, 0.3) is 5.78 Å². The molecule has 0 aliphatic carbocycles. The zero-order valence-electron chi connectivity index (χ0n) is 23.7. The summed E-state index contributed by atoms with van der Waals surface area (Å²) in [5, 5.41) is 22.4. The quantitative estimate of drug-likeness (QED) is 0.0604. The van der Waals surface area contributed by atoms with Crippen LogP contribution in [0.4, 0.5) is 9.52 Å². The van der Waals surface area contributed by atoms with Crippen LogP contribution in [0.15, 0.2) is 94.8 Å². The maximum absolute atomic E-state index is 14.6. The first-order chi connectivity index (χ1) is 21.4. The number of ketones is 1. The lowest BCUT2D eigenvalue weighted by Crippen LogP contribution is -2.29. The molecule has 1 aliphatic heterocycles. The molecule has 222 valence electrons. The molecule has 1 aliphatic rings. The van der Waals surface area contributed by atoms with Gasteiger partial charge in [-0.15, -0.1) is 10.2 Å². The van der Waals surface area contributed by atoms with Crippen LogP contribution in [0.5, 0.6) is 11.5 Å². The molecular formula is C33H26FN3O5S2. The van der Waals surface area contributed by atoms with Crippen LogP contribution in [0, 0.1) is 5.82 Å². The largest absolute Gasteiger partial charge is 0.507 e. The fraction of sp³-hybridized carbons (Fsp3) is 0.152. The minimum absolute atomic E-state index is 0.0209. The second-order valence-corrected chi connectivity index (χ2v) is 12.0. The lowest BCUT2D eigenvalue weighted by Gasteiger charge is -2.22. The highest BCUT2D eigenvalue weighted by Crippen LogP contribution is 2.44. The number of thioether (sulfide) groups is 1. The highest BCUT2D eigenvalue weighted by atomic mass is 32.2. The van der Waals surface area contributed by atoms with E-state index in [1.165, 1.54) is 47.2 Å². The number of amides is 1. The van der Waals surface area contributed by atoms with Crippen LogP contribution >= 0.6 is 23.1 Å². The number of halogens is 1. The number of aliphatic hydroxyl groups is 1. The number of benzene rings is 4. The van der Waals surface area contributed by atoms with Gasteiger partial charge in [0.2, 0.25) is 5.13 Å². The lowest BCUT2D eigenvalue weighted by atomic mass is 9.95. The van der Waals surface area contributed by atoms with Crippen LogP contribution in [-0.2, 0) is 15.3 Å². The number of aliphatic hydroxyl groups excluding tert-OH is 1. The van der Waals surface area contributed by atoms with Crippen LogP contribution in [0.1, 0.15) is 29.7 Å². The maximum Gasteiger partial charge on any atom is 0.301 e. The summed E-state index contributed by atoms with van der Waals surface area (Å²) in [7, 11) is 1.33. The van der Waals surface area contributed by atoms with Crippen LogP contribution in [0.25, 0.3) is 16.5 Å². The molecule has 0 spiro atoms. The van der Waals surface area contributed by atoms with E-state index in [0.29, 0.717) is 28.0 Å². The summed E-state index contributed by atoms with van der Waals surface area (Å²) in [6.45, 7) is 2.33. The van der Waals surface area contributed by atoms with Gasteiger partial charge >= 0.3 is 5.91 Å². The summed E-state index contributed by atoms with van der Waals surface area (Å²) in [5.74, 6) is -1.82. The lowest BCUT2D eigenvalue weighted by molar-refractivity contribution is -0.132. The molecule has 1 saturated heterocycles. The molecule has 6 rings (SSSR count). The Bertz CT molecular complexity index is 1900. The highest BCUT2D eigenvalue weighted by Gasteiger charge is 2.48. The van der Waals surface area contributed by atoms with Crippen molar-refractivity contribution in [2.24, 2.45) is 0 Å². The number of ether oxygens (including phenoxy) is 2. The Morgan fingerprint density at radius 1 is 1.02 bits per heavy atom. The van der Waals surface area contributed by atoms with Gasteiger partial charge in [-0.05, 0) is 59.2 Å². The van der Waals surface area contributed by atoms with Crippen LogP contribution < -0.4 is 14.4 Å². The van der Waals surface area contributed by atoms with E-state index in [1.54, 1.807) is 24.3 Å². The molecule has 11 heteroatoms. The van der Waals surface area contributed by atoms with Gasteiger partial charge in [0.05, 0.1) is 25.3 Å². The number of methoxy groups -OCH3 is 1. The van der Waals surface area contributed by atoms with Crippen molar-refractivity contribution in [3.8, 4) is 11.5 Å². The number of nitrogens with zero attached hydrogens (tertiary/aromatic N) is 3. The van der Waals surface area contributed by atoms with Crippen molar-refractivity contribution in [3.63, 3.8) is 0 Å². The number of carbonyl (C=O) groups excluding carboxylic acids is 2. The number of anilines is 1. The molecular weight excluding hydrogens is 602 g/mol. The number of aromatic nitrogens is 2. The Morgan fingerprint density at radius 3 is 2.55 bits per heavy atom. The van der Waals surface area contributed by atoms with E-state index in [4.69, 9.17) is 9.47 Å². The number of hydrogen-bond donors (Lipinski definition) is 1. The molecule has 1 N–H and O–H groups in total. The number of fused-ring (bicyclic) bond motifs is 1. The summed E-state index contributed by atoms with van der Waals surface area (Å²) in [4.78, 5) is 28.3. The zero-order valence-corrected chi connectivity index (χ0v) is 25.3. The number of hydrogen-bond acceptors (Lipinski definition) is 9. The molecule has 0 bridgehead atoms. The molecule has 5 aromatic rings. The topological polar surface area (TPSA) is 102 Å². The molecule has 1 amide bonds. The van der Waals surface area contributed by atoms with Crippen molar-refractivity contribution in [1.29, 1.82) is 0 Å². The zero-order chi connectivity index (χ0) is 30.8. The van der Waals surface area contributed by atoms with Gasteiger partial charge in [-0.3, -0.25) is 14.5 Å². The summed E-state index contributed by atoms with van der Waals surface area (Å²) in [6.07, 6.45) is 0. The van der Waals surface area contributed by atoms with Crippen LogP contribution in [-0.4, -0.2) is 40.7 Å². The van der Waals surface area contributed by atoms with E-state index in [2.05, 4.69) is 34.5 Å². The second-order valence-electron chi connectivity index (χ2n) is 9.80. The van der Waals surface area contributed by atoms with Crippen molar-refractivity contribution in [2.75, 3.05) is 18.6 Å². The molecule has 0 saturated carbocycles. The Labute approximate surface area is 260 Å². The minimum atomic E-state index is -1.04. The predicted molar refractivity (Wildman–Crippen MR) is 169 cm³/mol. The van der Waals surface area contributed by atoms with Gasteiger partial charge in [-0.1, -0.05) is 77.7 Å². The van der Waals surface area contributed by atoms with E-state index in [9.17, 15) is 19.1 Å². The molecule has 0 unspecified atom stereocenters. The van der Waals surface area contributed by atoms with E-state index in [0.717, 1.165) is 22.4 Å². The first-order valence-electron chi connectivity index (χ1n) is 13.7. The third-order valence-electron chi connectivity index (χ3n) is 7.21. The van der Waals surface area contributed by atoms with Crippen molar-refractivity contribution < 1.29 is 28.6 Å². The minimum Gasteiger partial charge on any atom is -0.507 e. The number of carbonyl (C=O) groups is 2. The van der Waals surface area contributed by atoms with Crippen molar-refractivity contribution >= 4 is 56.5 Å². The number of Topliss-reactive ketones (excluding diaryl/α,β-unsaturated/α-hetero) is 1. The Hall–Kier alpha value is -4.74. The van der Waals surface area contributed by atoms with Gasteiger partial charge in [0.1, 0.15) is 11.5 Å². The van der Waals surface area contributed by atoms with Crippen LogP contribution in [0.3, 0.4) is 0 Å². The van der Waals surface area contributed by atoms with E-state index >= 15 is 0 Å². The highest BCUT2D eigenvalue weighted by molar-refractivity contribution is 8.00. The van der Waals surface area contributed by atoms with Crippen molar-refractivity contribution in [2.45, 2.75) is 23.1 Å². The Kier molecular flexibility index (Phi) is 8.32. The first kappa shape index (κ1) is 29.3. The van der Waals surface area contributed by atoms with E-state index in [1.807, 2.05) is 25.1 Å².